The van der Waals surface area contributed by atoms with E-state index in [4.69, 9.17) is 31.5 Å². The first-order valence-electron chi connectivity index (χ1n) is 20.5. The average molecular weight is 876 g/mol. The summed E-state index contributed by atoms with van der Waals surface area (Å²) in [6.45, 7) is 1.17. The van der Waals surface area contributed by atoms with E-state index < -0.39 is 121 Å². The standard InChI is InChI=1S/C40H57N7O15/c1-38-11-9-21(49)14-20(38)5-6-22-23-10-12-40(61,39(23,2)16-27(50)33(22)38)28(51)19-62-32(56)8-7-29(52)45-24(4-3-13-43-37(41)42)34(57)44-17-30(53)46-25(15-31(54)55)35(58)47-26(18-48)36(59)60/h14,22-26,33,48,61H,3-13,15-19H2,1-2H3,(H,44,57)(H,45,52)(H,46,53)(H,47,58)(H,54,55)(H,59,60)(H4,41,42,43)/t22-,23-,24-,25-,26-,33+,38-,39-,40-/m0/s1. The van der Waals surface area contributed by atoms with Crippen molar-refractivity contribution in [1.82, 2.24) is 21.3 Å². The van der Waals surface area contributed by atoms with Gasteiger partial charge in [-0.3, -0.25) is 48.1 Å². The van der Waals surface area contributed by atoms with Crippen molar-refractivity contribution in [3.05, 3.63) is 11.6 Å². The highest BCUT2D eigenvalue weighted by Crippen LogP contribution is 2.66. The number of ether oxygens (including phenoxy) is 1. The molecule has 0 aromatic rings. The van der Waals surface area contributed by atoms with Crippen LogP contribution >= 0.6 is 0 Å². The molecule has 12 N–H and O–H groups in total. The van der Waals surface area contributed by atoms with Crippen molar-refractivity contribution < 1.29 is 73.1 Å². The molecule has 0 spiro atoms. The number of amides is 4. The quantitative estimate of drug-likeness (QED) is 0.0246. The van der Waals surface area contributed by atoms with Gasteiger partial charge in [0.25, 0.3) is 0 Å². The summed E-state index contributed by atoms with van der Waals surface area (Å²) in [6, 6.07) is -4.90. The first-order valence-corrected chi connectivity index (χ1v) is 20.5. The lowest BCUT2D eigenvalue weighted by Gasteiger charge is -2.57. The number of fused-ring (bicyclic) bond motifs is 5. The predicted molar refractivity (Wildman–Crippen MR) is 213 cm³/mol. The van der Waals surface area contributed by atoms with Crippen LogP contribution in [0.1, 0.15) is 90.9 Å². The summed E-state index contributed by atoms with van der Waals surface area (Å²) in [5, 5.41) is 47.9. The molecule has 9 atom stereocenters. The lowest BCUT2D eigenvalue weighted by Crippen LogP contribution is -2.61. The van der Waals surface area contributed by atoms with E-state index in [0.717, 1.165) is 5.57 Å². The van der Waals surface area contributed by atoms with Gasteiger partial charge in [-0.1, -0.05) is 19.4 Å². The first kappa shape index (κ1) is 48.9. The van der Waals surface area contributed by atoms with Crippen molar-refractivity contribution in [3.8, 4) is 0 Å². The highest BCUT2D eigenvalue weighted by atomic mass is 16.5. The molecule has 0 radical (unpaired) electrons. The SMILES string of the molecule is C[C@]12CCC(=O)C=C1CC[C@@H]1[C@@H]2C(=O)C[C@@]2(C)[C@H]1CC[C@]2(O)C(=O)COC(=O)CCC(=O)N[C@@H](CCCN=C(N)N)C(=O)NCC(=O)N[C@@H](CC(=O)O)C(=O)N[C@@H](CO)C(=O)O. The molecule has 3 saturated carbocycles. The molecule has 0 aromatic heterocycles. The summed E-state index contributed by atoms with van der Waals surface area (Å²) < 4.78 is 5.20. The van der Waals surface area contributed by atoms with Crippen LogP contribution < -0.4 is 32.7 Å². The Labute approximate surface area is 356 Å². The van der Waals surface area contributed by atoms with Gasteiger partial charge in [-0.25, -0.2) is 4.79 Å². The number of carbonyl (C=O) groups excluding carboxylic acids is 8. The van der Waals surface area contributed by atoms with Crippen LogP contribution in [0.5, 0.6) is 0 Å². The first-order chi connectivity index (χ1) is 29.1. The van der Waals surface area contributed by atoms with Crippen LogP contribution in [0.25, 0.3) is 0 Å². The Morgan fingerprint density at radius 2 is 1.60 bits per heavy atom. The molecule has 0 saturated heterocycles. The number of nitrogens with two attached hydrogens (primary N) is 2. The summed E-state index contributed by atoms with van der Waals surface area (Å²) in [7, 11) is 0. The van der Waals surface area contributed by atoms with Crippen molar-refractivity contribution in [3.63, 3.8) is 0 Å². The van der Waals surface area contributed by atoms with Crippen molar-refractivity contribution in [1.29, 1.82) is 0 Å². The molecule has 4 aliphatic rings. The molecule has 0 heterocycles. The van der Waals surface area contributed by atoms with Crippen molar-refractivity contribution >= 4 is 64.8 Å². The molecule has 4 rings (SSSR count). The van der Waals surface area contributed by atoms with Gasteiger partial charge in [0.1, 0.15) is 29.5 Å². The molecular weight excluding hydrogens is 818 g/mol. The van der Waals surface area contributed by atoms with Crippen LogP contribution in [0, 0.1) is 28.6 Å². The Morgan fingerprint density at radius 1 is 0.903 bits per heavy atom. The highest BCUT2D eigenvalue weighted by molar-refractivity contribution is 5.97. The van der Waals surface area contributed by atoms with Gasteiger partial charge >= 0.3 is 17.9 Å². The largest absolute Gasteiger partial charge is 0.481 e. The maximum absolute atomic E-state index is 13.9. The zero-order chi connectivity index (χ0) is 46.2. The summed E-state index contributed by atoms with van der Waals surface area (Å²) in [4.78, 5) is 130. The maximum Gasteiger partial charge on any atom is 0.328 e. The highest BCUT2D eigenvalue weighted by Gasteiger charge is 2.68. The van der Waals surface area contributed by atoms with Crippen molar-refractivity contribution in [2.24, 2.45) is 45.0 Å². The Morgan fingerprint density at radius 3 is 2.24 bits per heavy atom. The monoisotopic (exact) mass is 875 g/mol. The minimum atomic E-state index is -1.95. The van der Waals surface area contributed by atoms with Crippen molar-refractivity contribution in [2.45, 2.75) is 115 Å². The number of esters is 1. The van der Waals surface area contributed by atoms with Gasteiger partial charge in [-0.05, 0) is 68.3 Å². The van der Waals surface area contributed by atoms with E-state index in [1.165, 1.54) is 0 Å². The van der Waals surface area contributed by atoms with Gasteiger partial charge in [0.2, 0.25) is 29.4 Å². The fourth-order valence-electron chi connectivity index (χ4n) is 9.82. The number of Topliss-reactive ketones (excluding diaryl/α,β-unsaturated/α-hetero) is 2. The molecule has 4 amide bonds. The van der Waals surface area contributed by atoms with Gasteiger partial charge in [-0.2, -0.15) is 0 Å². The molecule has 3 fully saturated rings. The predicted octanol–water partition coefficient (Wildman–Crippen LogP) is -2.50. The molecule has 0 bridgehead atoms. The minimum Gasteiger partial charge on any atom is -0.481 e. The zero-order valence-corrected chi connectivity index (χ0v) is 34.7. The molecule has 22 nitrogen and oxygen atoms in total. The molecule has 22 heteroatoms. The van der Waals surface area contributed by atoms with Gasteiger partial charge in [0.15, 0.2) is 18.3 Å². The number of guanidine groups is 1. The second-order valence-corrected chi connectivity index (χ2v) is 17.0. The average Bonchev–Trinajstić information content (AvgIpc) is 3.47. The Balaban J connectivity index is 1.30. The van der Waals surface area contributed by atoms with E-state index >= 15 is 0 Å². The molecule has 62 heavy (non-hydrogen) atoms. The van der Waals surface area contributed by atoms with Gasteiger partial charge in [0, 0.05) is 37.1 Å². The van der Waals surface area contributed by atoms with Gasteiger partial charge < -0.3 is 57.9 Å². The number of hydrogen-bond donors (Lipinski definition) is 10. The third-order valence-electron chi connectivity index (χ3n) is 13.0. The summed E-state index contributed by atoms with van der Waals surface area (Å²) >= 11 is 0. The van der Waals surface area contributed by atoms with Crippen LogP contribution in [0.2, 0.25) is 0 Å². The summed E-state index contributed by atoms with van der Waals surface area (Å²) in [5.41, 5.74) is 8.18. The number of carbonyl (C=O) groups is 10. The third kappa shape index (κ3) is 11.2. The minimum absolute atomic E-state index is 0.0415. The van der Waals surface area contributed by atoms with E-state index in [1.54, 1.807) is 13.0 Å². The molecule has 0 aromatic carbocycles. The fourth-order valence-corrected chi connectivity index (χ4v) is 9.82. The Kier molecular flexibility index (Phi) is 16.1. The number of aliphatic hydroxyl groups excluding tert-OH is 1. The Bertz CT molecular complexity index is 1900. The normalized spacial score (nSPS) is 27.6. The molecule has 4 aliphatic carbocycles. The third-order valence-corrected chi connectivity index (χ3v) is 13.0. The summed E-state index contributed by atoms with van der Waals surface area (Å²) in [5.74, 6) is -9.69. The van der Waals surface area contributed by atoms with Gasteiger partial charge in [-0.15, -0.1) is 0 Å². The van der Waals surface area contributed by atoms with E-state index in [0.29, 0.717) is 32.1 Å². The number of aliphatic carboxylic acids is 2. The topological polar surface area (TPSA) is 373 Å². The Hall–Kier alpha value is -5.77. The van der Waals surface area contributed by atoms with Gasteiger partial charge in [0.05, 0.1) is 26.0 Å². The van der Waals surface area contributed by atoms with Crippen molar-refractivity contribution in [2.75, 3.05) is 26.3 Å². The number of aliphatic imine (C=N–C) groups is 1. The van der Waals surface area contributed by atoms with E-state index in [9.17, 15) is 53.1 Å². The zero-order valence-electron chi connectivity index (χ0n) is 34.7. The number of allylic oxidation sites excluding steroid dienone is 1. The number of hydrogen-bond acceptors (Lipinski definition) is 14. The summed E-state index contributed by atoms with van der Waals surface area (Å²) in [6.07, 6.45) is 2.51. The smallest absolute Gasteiger partial charge is 0.328 e. The number of nitrogens with zero attached hydrogens (tertiary/aromatic N) is 1. The fraction of sp³-hybridized carbons (Fsp3) is 0.675. The number of carboxylic acid groups (broad SMARTS) is 2. The number of rotatable bonds is 21. The number of aliphatic hydroxyl groups is 2. The number of nitrogens with one attached hydrogen (secondary N) is 4. The molecule has 342 valence electrons. The maximum atomic E-state index is 13.9. The van der Waals surface area contributed by atoms with Crippen LogP contribution in [-0.2, 0) is 52.7 Å². The lowest BCUT2D eigenvalue weighted by molar-refractivity contribution is -0.174. The number of carboxylic acids is 2. The van der Waals surface area contributed by atoms with E-state index in [2.05, 4.69) is 20.9 Å². The lowest BCUT2D eigenvalue weighted by atomic mass is 9.46. The van der Waals surface area contributed by atoms with Crippen LogP contribution in [0.15, 0.2) is 16.6 Å². The van der Waals surface area contributed by atoms with Crippen LogP contribution in [0.4, 0.5) is 0 Å². The molecule has 0 unspecified atom stereocenters. The van der Waals surface area contributed by atoms with E-state index in [-0.39, 0.29) is 67.5 Å². The second-order valence-electron chi connectivity index (χ2n) is 17.0. The van der Waals surface area contributed by atoms with Crippen LogP contribution in [0.3, 0.4) is 0 Å². The number of ketones is 3. The van der Waals surface area contributed by atoms with E-state index in [1.807, 2.05) is 12.2 Å². The van der Waals surface area contributed by atoms with Crippen LogP contribution in [-0.4, -0.2) is 135 Å². The molecular formula is C40H57N7O15. The second kappa shape index (κ2) is 20.4. The molecule has 0 aliphatic heterocycles.